The van der Waals surface area contributed by atoms with Crippen LogP contribution in [0.15, 0.2) is 24.4 Å². The Balaban J connectivity index is 1.50. The highest BCUT2D eigenvalue weighted by Crippen LogP contribution is 2.57. The third-order valence-electron chi connectivity index (χ3n) is 8.51. The van der Waals surface area contributed by atoms with Crippen LogP contribution in [-0.4, -0.2) is 65.2 Å². The van der Waals surface area contributed by atoms with Crippen molar-refractivity contribution in [1.82, 2.24) is 25.1 Å². The average molecular weight is 574 g/mol. The summed E-state index contributed by atoms with van der Waals surface area (Å²) in [4.78, 5) is 37.8. The number of halogens is 3. The monoisotopic (exact) mass is 573 g/mol. The molecule has 2 aliphatic rings. The highest BCUT2D eigenvalue weighted by atomic mass is 32.1. The number of nitrogens with zero attached hydrogens (tertiary/aromatic N) is 4. The van der Waals surface area contributed by atoms with Gasteiger partial charge in [0.1, 0.15) is 12.0 Å². The van der Waals surface area contributed by atoms with Crippen molar-refractivity contribution in [2.24, 2.45) is 17.3 Å². The summed E-state index contributed by atoms with van der Waals surface area (Å²) < 4.78 is 42.3. The Morgan fingerprint density at radius 2 is 2.08 bits per heavy atom. The fourth-order valence-corrected chi connectivity index (χ4v) is 7.09. The molecule has 0 radical (unpaired) electrons. The van der Waals surface area contributed by atoms with Crippen molar-refractivity contribution < 1.29 is 22.8 Å². The molecule has 3 aromatic heterocycles. The number of fused-ring (bicyclic) bond motifs is 1. The first-order valence-electron chi connectivity index (χ1n) is 13.4. The van der Waals surface area contributed by atoms with E-state index in [1.807, 2.05) is 27.0 Å². The van der Waals surface area contributed by atoms with Crippen LogP contribution in [0.25, 0.3) is 21.5 Å². The molecule has 0 bridgehead atoms. The second-order valence-corrected chi connectivity index (χ2v) is 12.7. The van der Waals surface area contributed by atoms with Gasteiger partial charge in [-0.25, -0.2) is 4.98 Å². The maximum atomic E-state index is 13.9. The zero-order valence-corrected chi connectivity index (χ0v) is 24.1. The van der Waals surface area contributed by atoms with Gasteiger partial charge < -0.3 is 15.0 Å². The second kappa shape index (κ2) is 10.5. The summed E-state index contributed by atoms with van der Waals surface area (Å²) in [6.45, 7) is 8.03. The second-order valence-electron chi connectivity index (χ2n) is 11.6. The molecule has 1 N–H and O–H groups in total. The number of likely N-dealkylation sites (N-methyl/N-ethyl adjacent to an activating group) is 1. The molecule has 1 saturated carbocycles. The topological polar surface area (TPSA) is 78.4 Å². The molecule has 40 heavy (non-hydrogen) atoms. The number of nitrogens with one attached hydrogen (secondary N) is 1. The maximum Gasteiger partial charge on any atom is 0.433 e. The molecule has 1 amide bonds. The molecule has 3 unspecified atom stereocenters. The van der Waals surface area contributed by atoms with E-state index in [2.05, 4.69) is 20.2 Å². The minimum atomic E-state index is -4.57. The van der Waals surface area contributed by atoms with Gasteiger partial charge in [0.2, 0.25) is 5.91 Å². The predicted octanol–water partition coefficient (Wildman–Crippen LogP) is 4.91. The summed E-state index contributed by atoms with van der Waals surface area (Å²) in [6.07, 6.45) is -1.15. The molecule has 3 aromatic rings. The van der Waals surface area contributed by atoms with Crippen LogP contribution >= 0.6 is 11.3 Å². The lowest BCUT2D eigenvalue weighted by Gasteiger charge is -2.21. The summed E-state index contributed by atoms with van der Waals surface area (Å²) in [5.41, 5.74) is 1.63. The van der Waals surface area contributed by atoms with Gasteiger partial charge in [0.15, 0.2) is 0 Å². The van der Waals surface area contributed by atoms with Crippen LogP contribution in [-0.2, 0) is 28.9 Å². The Hall–Kier alpha value is -2.89. The third-order valence-corrected chi connectivity index (χ3v) is 9.65. The quantitative estimate of drug-likeness (QED) is 0.386. The Labute approximate surface area is 235 Å². The summed E-state index contributed by atoms with van der Waals surface area (Å²) in [7, 11) is 3.63. The number of carbonyl (C=O) groups excluding carboxylic acids is 2. The fraction of sp³-hybridized carbons (Fsp3) is 0.517. The maximum absolute atomic E-state index is 13.9. The van der Waals surface area contributed by atoms with Crippen LogP contribution in [0.4, 0.5) is 13.2 Å². The number of likely N-dealkylation sites (tertiary alicyclic amines) is 1. The SMILES string of the molecule is CNC1CCN(Cc2c(C)cc(C(F)(F)F)nc2-c2ccnc3cc(CN(C)C(=O)C4C(C=O)C4(C)C)sc23)C1. The number of aldehydes is 1. The normalized spacial score (nSPS) is 22.6. The summed E-state index contributed by atoms with van der Waals surface area (Å²) in [5, 5.41) is 3.28. The van der Waals surface area contributed by atoms with E-state index in [0.717, 1.165) is 47.0 Å². The van der Waals surface area contributed by atoms with Gasteiger partial charge in [-0.3, -0.25) is 14.7 Å². The number of aromatic nitrogens is 2. The van der Waals surface area contributed by atoms with Gasteiger partial charge in [-0.15, -0.1) is 11.3 Å². The number of pyridine rings is 2. The van der Waals surface area contributed by atoms with E-state index < -0.39 is 11.9 Å². The van der Waals surface area contributed by atoms with E-state index in [9.17, 15) is 22.8 Å². The Morgan fingerprint density at radius 3 is 2.70 bits per heavy atom. The zero-order valence-electron chi connectivity index (χ0n) is 23.3. The van der Waals surface area contributed by atoms with Gasteiger partial charge in [0.05, 0.1) is 28.4 Å². The molecular formula is C29H34F3N5O2S. The standard InChI is InChI=1S/C29H34F3N5O2S/c1-16-10-23(29(30,31)32)35-25(20(16)14-37-9-7-17(12-37)33-4)19-6-8-34-22-11-18(40-26(19)22)13-36(5)27(39)24-21(15-38)28(24,2)3/h6,8,10-11,15,17,21,24,33H,7,9,12-14H2,1-5H3. The molecule has 214 valence electrons. The molecule has 0 spiro atoms. The minimum absolute atomic E-state index is 0.0873. The van der Waals surface area contributed by atoms with Crippen LogP contribution in [0.5, 0.6) is 0 Å². The average Bonchev–Trinajstić information content (AvgIpc) is 3.24. The molecule has 5 rings (SSSR count). The minimum Gasteiger partial charge on any atom is -0.340 e. The Morgan fingerprint density at radius 1 is 1.32 bits per heavy atom. The lowest BCUT2D eigenvalue weighted by atomic mass is 10.00. The molecule has 11 heteroatoms. The number of thiophene rings is 1. The number of hydrogen-bond acceptors (Lipinski definition) is 7. The molecule has 2 fully saturated rings. The molecule has 4 heterocycles. The number of hydrogen-bond donors (Lipinski definition) is 1. The third kappa shape index (κ3) is 5.26. The molecule has 1 saturated heterocycles. The van der Waals surface area contributed by atoms with Crippen molar-refractivity contribution >= 4 is 33.7 Å². The van der Waals surface area contributed by atoms with Crippen LogP contribution in [0.1, 0.15) is 42.0 Å². The smallest absolute Gasteiger partial charge is 0.340 e. The van der Waals surface area contributed by atoms with E-state index in [1.165, 1.54) is 11.3 Å². The van der Waals surface area contributed by atoms with Crippen molar-refractivity contribution in [3.63, 3.8) is 0 Å². The van der Waals surface area contributed by atoms with Gasteiger partial charge in [-0.2, -0.15) is 13.2 Å². The van der Waals surface area contributed by atoms with Gasteiger partial charge in [-0.1, -0.05) is 13.8 Å². The van der Waals surface area contributed by atoms with Crippen LogP contribution in [0.3, 0.4) is 0 Å². The van der Waals surface area contributed by atoms with E-state index >= 15 is 0 Å². The Kier molecular flexibility index (Phi) is 7.52. The van der Waals surface area contributed by atoms with Crippen molar-refractivity contribution in [3.8, 4) is 11.3 Å². The predicted molar refractivity (Wildman–Crippen MR) is 149 cm³/mol. The van der Waals surface area contributed by atoms with Crippen LogP contribution in [0, 0.1) is 24.2 Å². The molecule has 0 aromatic carbocycles. The van der Waals surface area contributed by atoms with Crippen LogP contribution < -0.4 is 5.32 Å². The molecule has 1 aliphatic heterocycles. The lowest BCUT2D eigenvalue weighted by molar-refractivity contribution is -0.141. The van der Waals surface area contributed by atoms with E-state index in [4.69, 9.17) is 0 Å². The first-order valence-corrected chi connectivity index (χ1v) is 14.2. The highest BCUT2D eigenvalue weighted by molar-refractivity contribution is 7.19. The fourth-order valence-electron chi connectivity index (χ4n) is 5.91. The van der Waals surface area contributed by atoms with E-state index in [1.54, 1.807) is 31.1 Å². The van der Waals surface area contributed by atoms with E-state index in [-0.39, 0.29) is 23.2 Å². The van der Waals surface area contributed by atoms with Crippen molar-refractivity contribution in [3.05, 3.63) is 46.1 Å². The lowest BCUT2D eigenvalue weighted by Crippen LogP contribution is -2.29. The zero-order chi connectivity index (χ0) is 29.0. The molecule has 7 nitrogen and oxygen atoms in total. The van der Waals surface area contributed by atoms with Gasteiger partial charge in [-0.05, 0) is 55.1 Å². The first-order chi connectivity index (χ1) is 18.8. The van der Waals surface area contributed by atoms with Crippen LogP contribution in [0.2, 0.25) is 0 Å². The van der Waals surface area contributed by atoms with Gasteiger partial charge in [0.25, 0.3) is 0 Å². The number of aryl methyl sites for hydroxylation is 1. The van der Waals surface area contributed by atoms with Gasteiger partial charge in [0, 0.05) is 55.3 Å². The summed E-state index contributed by atoms with van der Waals surface area (Å²) in [6, 6.07) is 5.09. The number of carbonyl (C=O) groups is 2. The number of alkyl halides is 3. The van der Waals surface area contributed by atoms with E-state index in [0.29, 0.717) is 41.5 Å². The number of amides is 1. The highest BCUT2D eigenvalue weighted by Gasteiger charge is 2.62. The number of rotatable bonds is 8. The summed E-state index contributed by atoms with van der Waals surface area (Å²) in [5.74, 6) is -0.715. The van der Waals surface area contributed by atoms with Crippen molar-refractivity contribution in [1.29, 1.82) is 0 Å². The largest absolute Gasteiger partial charge is 0.433 e. The van der Waals surface area contributed by atoms with Crippen molar-refractivity contribution in [2.45, 2.75) is 52.5 Å². The molecule has 1 aliphatic carbocycles. The molecular weight excluding hydrogens is 539 g/mol. The first kappa shape index (κ1) is 28.6. The summed E-state index contributed by atoms with van der Waals surface area (Å²) >= 11 is 1.41. The van der Waals surface area contributed by atoms with Crippen molar-refractivity contribution in [2.75, 3.05) is 27.2 Å². The van der Waals surface area contributed by atoms with Gasteiger partial charge >= 0.3 is 6.18 Å². The Bertz CT molecular complexity index is 1450. The molecule has 3 atom stereocenters.